The smallest absolute Gasteiger partial charge is 0.319 e. The second kappa shape index (κ2) is 9.55. The number of nitrogens with zero attached hydrogens (tertiary/aromatic N) is 3. The van der Waals surface area contributed by atoms with Crippen molar-refractivity contribution in [1.82, 2.24) is 14.8 Å². The number of hydrogen-bond acceptors (Lipinski definition) is 5. The lowest BCUT2D eigenvalue weighted by Crippen LogP contribution is -2.20. The van der Waals surface area contributed by atoms with E-state index in [1.807, 2.05) is 54.0 Å². The minimum absolute atomic E-state index is 0.200. The van der Waals surface area contributed by atoms with Gasteiger partial charge in [-0.25, -0.2) is 0 Å². The van der Waals surface area contributed by atoms with Crippen LogP contribution in [0.15, 0.2) is 59.8 Å². The zero-order valence-corrected chi connectivity index (χ0v) is 17.3. The maximum Gasteiger partial charge on any atom is 0.319 e. The topological polar surface area (TPSA) is 57.0 Å². The van der Waals surface area contributed by atoms with Crippen LogP contribution < -0.4 is 0 Å². The van der Waals surface area contributed by atoms with Crippen LogP contribution in [0.25, 0.3) is 17.1 Å². The standard InChI is InChI=1S/C22H25N3O2S/c1-4-10-19(21(26)27-5-2)28-22-24-23-20(17-12-9-11-16(3)15-17)25(22)18-13-7-6-8-14-18/h6-9,11-15,19H,4-5,10H2,1-3H3/t19-/m0/s1. The Morgan fingerprint density at radius 3 is 2.57 bits per heavy atom. The van der Waals surface area contributed by atoms with E-state index in [2.05, 4.69) is 36.2 Å². The first-order valence-electron chi connectivity index (χ1n) is 9.55. The van der Waals surface area contributed by atoms with Crippen LogP contribution in [0.1, 0.15) is 32.3 Å². The fourth-order valence-electron chi connectivity index (χ4n) is 2.98. The Morgan fingerprint density at radius 1 is 1.11 bits per heavy atom. The number of carbonyl (C=O) groups is 1. The Morgan fingerprint density at radius 2 is 1.89 bits per heavy atom. The molecule has 0 aliphatic carbocycles. The van der Waals surface area contributed by atoms with Crippen LogP contribution in [0.4, 0.5) is 0 Å². The van der Waals surface area contributed by atoms with Gasteiger partial charge in [-0.2, -0.15) is 0 Å². The fraction of sp³-hybridized carbons (Fsp3) is 0.318. The van der Waals surface area contributed by atoms with E-state index in [0.717, 1.165) is 35.5 Å². The molecule has 0 spiro atoms. The van der Waals surface area contributed by atoms with Gasteiger partial charge in [-0.1, -0.05) is 67.1 Å². The number of rotatable bonds is 8. The number of para-hydroxylation sites is 1. The molecule has 0 bridgehead atoms. The third kappa shape index (κ3) is 4.62. The molecule has 0 unspecified atom stereocenters. The van der Waals surface area contributed by atoms with E-state index in [1.165, 1.54) is 11.8 Å². The van der Waals surface area contributed by atoms with Gasteiger partial charge < -0.3 is 4.74 Å². The number of ether oxygens (including phenoxy) is 1. The first kappa shape index (κ1) is 20.1. The molecule has 0 saturated heterocycles. The Kier molecular flexibility index (Phi) is 6.87. The molecule has 0 radical (unpaired) electrons. The molecule has 1 heterocycles. The summed E-state index contributed by atoms with van der Waals surface area (Å²) in [5, 5.41) is 9.28. The van der Waals surface area contributed by atoms with Crippen molar-refractivity contribution in [2.45, 2.75) is 44.0 Å². The summed E-state index contributed by atoms with van der Waals surface area (Å²) in [5.74, 6) is 0.561. The predicted octanol–water partition coefficient (Wildman–Crippen LogP) is 5.07. The van der Waals surface area contributed by atoms with Crippen molar-refractivity contribution in [1.29, 1.82) is 0 Å². The monoisotopic (exact) mass is 395 g/mol. The van der Waals surface area contributed by atoms with E-state index in [4.69, 9.17) is 4.74 Å². The van der Waals surface area contributed by atoms with Crippen molar-refractivity contribution in [3.05, 3.63) is 60.2 Å². The Hall–Kier alpha value is -2.60. The molecule has 0 aliphatic rings. The molecule has 0 aliphatic heterocycles. The molecule has 3 aromatic rings. The molecule has 0 saturated carbocycles. The first-order valence-corrected chi connectivity index (χ1v) is 10.4. The molecule has 1 atom stereocenters. The number of esters is 1. The van der Waals surface area contributed by atoms with Gasteiger partial charge in [0.05, 0.1) is 6.61 Å². The second-order valence-corrected chi connectivity index (χ2v) is 7.66. The average Bonchev–Trinajstić information content (AvgIpc) is 3.12. The molecule has 28 heavy (non-hydrogen) atoms. The van der Waals surface area contributed by atoms with E-state index in [0.29, 0.717) is 11.8 Å². The number of benzene rings is 2. The highest BCUT2D eigenvalue weighted by Gasteiger charge is 2.25. The van der Waals surface area contributed by atoms with Gasteiger partial charge in [-0.05, 0) is 38.5 Å². The number of thioether (sulfide) groups is 1. The fourth-order valence-corrected chi connectivity index (χ4v) is 4.13. The number of aromatic nitrogens is 3. The van der Waals surface area contributed by atoms with Crippen molar-refractivity contribution in [3.8, 4) is 17.1 Å². The minimum atomic E-state index is -0.304. The summed E-state index contributed by atoms with van der Waals surface area (Å²) < 4.78 is 7.28. The Labute approximate surface area is 170 Å². The predicted molar refractivity (Wildman–Crippen MR) is 113 cm³/mol. The molecule has 2 aromatic carbocycles. The quantitative estimate of drug-likeness (QED) is 0.394. The van der Waals surface area contributed by atoms with Crippen LogP contribution in [-0.4, -0.2) is 32.6 Å². The van der Waals surface area contributed by atoms with Crippen LogP contribution in [0.2, 0.25) is 0 Å². The van der Waals surface area contributed by atoms with E-state index in [9.17, 15) is 4.79 Å². The Bertz CT molecular complexity index is 925. The largest absolute Gasteiger partial charge is 0.465 e. The van der Waals surface area contributed by atoms with Gasteiger partial charge in [0.15, 0.2) is 11.0 Å². The van der Waals surface area contributed by atoms with Crippen LogP contribution in [0.5, 0.6) is 0 Å². The molecular weight excluding hydrogens is 370 g/mol. The molecule has 3 rings (SSSR count). The van der Waals surface area contributed by atoms with Crippen LogP contribution in [0.3, 0.4) is 0 Å². The number of carbonyl (C=O) groups excluding carboxylic acids is 1. The normalized spacial score (nSPS) is 12.0. The first-order chi connectivity index (χ1) is 13.6. The highest BCUT2D eigenvalue weighted by molar-refractivity contribution is 8.00. The van der Waals surface area contributed by atoms with Gasteiger partial charge in [-0.15, -0.1) is 10.2 Å². The summed E-state index contributed by atoms with van der Waals surface area (Å²) in [7, 11) is 0. The number of aryl methyl sites for hydroxylation is 1. The van der Waals surface area contributed by atoms with Crippen molar-refractivity contribution < 1.29 is 9.53 Å². The summed E-state index contributed by atoms with van der Waals surface area (Å²) >= 11 is 1.42. The van der Waals surface area contributed by atoms with Gasteiger partial charge in [-0.3, -0.25) is 9.36 Å². The van der Waals surface area contributed by atoms with Crippen molar-refractivity contribution in [2.24, 2.45) is 0 Å². The van der Waals surface area contributed by atoms with E-state index < -0.39 is 0 Å². The zero-order chi connectivity index (χ0) is 19.9. The lowest BCUT2D eigenvalue weighted by atomic mass is 10.1. The van der Waals surface area contributed by atoms with Crippen molar-refractivity contribution >= 4 is 17.7 Å². The lowest BCUT2D eigenvalue weighted by Gasteiger charge is -2.15. The van der Waals surface area contributed by atoms with Crippen LogP contribution >= 0.6 is 11.8 Å². The van der Waals surface area contributed by atoms with Gasteiger partial charge in [0.2, 0.25) is 0 Å². The maximum absolute atomic E-state index is 12.4. The lowest BCUT2D eigenvalue weighted by molar-refractivity contribution is -0.142. The highest BCUT2D eigenvalue weighted by atomic mass is 32.2. The molecule has 0 amide bonds. The average molecular weight is 396 g/mol. The summed E-state index contributed by atoms with van der Waals surface area (Å²) in [6.07, 6.45) is 1.62. The number of hydrogen-bond donors (Lipinski definition) is 0. The minimum Gasteiger partial charge on any atom is -0.465 e. The summed E-state index contributed by atoms with van der Waals surface area (Å²) in [6, 6.07) is 18.2. The summed E-state index contributed by atoms with van der Waals surface area (Å²) in [4.78, 5) is 12.4. The molecule has 5 nitrogen and oxygen atoms in total. The van der Waals surface area contributed by atoms with E-state index in [-0.39, 0.29) is 11.2 Å². The molecule has 6 heteroatoms. The van der Waals surface area contributed by atoms with Crippen molar-refractivity contribution in [3.63, 3.8) is 0 Å². The van der Waals surface area contributed by atoms with Gasteiger partial charge >= 0.3 is 5.97 Å². The molecule has 0 fully saturated rings. The maximum atomic E-state index is 12.4. The van der Waals surface area contributed by atoms with E-state index >= 15 is 0 Å². The second-order valence-electron chi connectivity index (χ2n) is 6.49. The summed E-state index contributed by atoms with van der Waals surface area (Å²) in [5.41, 5.74) is 3.11. The SMILES string of the molecule is CCC[C@H](Sc1nnc(-c2cccc(C)c2)n1-c1ccccc1)C(=O)OCC. The van der Waals surface area contributed by atoms with E-state index in [1.54, 1.807) is 0 Å². The third-order valence-electron chi connectivity index (χ3n) is 4.27. The van der Waals surface area contributed by atoms with Crippen molar-refractivity contribution in [2.75, 3.05) is 6.61 Å². The highest BCUT2D eigenvalue weighted by Crippen LogP contribution is 2.32. The summed E-state index contributed by atoms with van der Waals surface area (Å²) in [6.45, 7) is 6.32. The molecular formula is C22H25N3O2S. The van der Waals surface area contributed by atoms with Crippen LogP contribution in [0, 0.1) is 6.92 Å². The molecule has 0 N–H and O–H groups in total. The molecule has 1 aromatic heterocycles. The zero-order valence-electron chi connectivity index (χ0n) is 16.5. The van der Waals surface area contributed by atoms with Gasteiger partial charge in [0.25, 0.3) is 0 Å². The van der Waals surface area contributed by atoms with Gasteiger partial charge in [0.1, 0.15) is 5.25 Å². The molecule has 146 valence electrons. The van der Waals surface area contributed by atoms with Gasteiger partial charge in [0, 0.05) is 11.3 Å². The Balaban J connectivity index is 2.05. The third-order valence-corrected chi connectivity index (χ3v) is 5.46. The van der Waals surface area contributed by atoms with Crippen LogP contribution in [-0.2, 0) is 9.53 Å².